The summed E-state index contributed by atoms with van der Waals surface area (Å²) in [5.41, 5.74) is -1.69. The molecule has 0 bridgehead atoms. The highest BCUT2D eigenvalue weighted by molar-refractivity contribution is 6.31. The first-order chi connectivity index (χ1) is 11.0. The molecule has 0 radical (unpaired) electrons. The van der Waals surface area contributed by atoms with Crippen LogP contribution < -0.4 is 10.6 Å². The summed E-state index contributed by atoms with van der Waals surface area (Å²) >= 11 is 5.70. The molecule has 1 saturated carbocycles. The van der Waals surface area contributed by atoms with Gasteiger partial charge in [-0.2, -0.15) is 13.2 Å². The van der Waals surface area contributed by atoms with E-state index in [0.29, 0.717) is 12.8 Å². The molecule has 1 fully saturated rings. The van der Waals surface area contributed by atoms with E-state index in [4.69, 9.17) is 11.6 Å². The summed E-state index contributed by atoms with van der Waals surface area (Å²) in [6.45, 7) is 2.11. The van der Waals surface area contributed by atoms with Crippen molar-refractivity contribution in [2.75, 3.05) is 6.54 Å². The molecule has 1 aliphatic rings. The van der Waals surface area contributed by atoms with Gasteiger partial charge in [-0.25, -0.2) is 4.39 Å². The molecule has 1 amide bonds. The van der Waals surface area contributed by atoms with E-state index in [9.17, 15) is 22.4 Å². The van der Waals surface area contributed by atoms with Crippen molar-refractivity contribution in [3.05, 3.63) is 34.6 Å². The van der Waals surface area contributed by atoms with Crippen LogP contribution in [0.2, 0.25) is 5.02 Å². The van der Waals surface area contributed by atoms with Gasteiger partial charge in [-0.15, -0.1) is 0 Å². The highest BCUT2D eigenvalue weighted by Gasteiger charge is 2.47. The fraction of sp³-hybridized carbons (Fsp3) is 0.562. The number of amides is 1. The van der Waals surface area contributed by atoms with Crippen molar-refractivity contribution in [2.24, 2.45) is 5.41 Å². The van der Waals surface area contributed by atoms with Gasteiger partial charge >= 0.3 is 6.18 Å². The number of carbonyl (C=O) groups is 1. The normalized spacial score (nSPS) is 21.3. The minimum atomic E-state index is -4.27. The fourth-order valence-electron chi connectivity index (χ4n) is 2.36. The van der Waals surface area contributed by atoms with Crippen LogP contribution >= 0.6 is 11.6 Å². The van der Waals surface area contributed by atoms with Crippen molar-refractivity contribution in [1.82, 2.24) is 10.6 Å². The lowest BCUT2D eigenvalue weighted by atomic mass is 9.84. The molecular formula is C16H19ClF4N2O. The quantitative estimate of drug-likeness (QED) is 0.775. The first-order valence-corrected chi connectivity index (χ1v) is 7.93. The average molecular weight is 367 g/mol. The van der Waals surface area contributed by atoms with Crippen LogP contribution in [0.4, 0.5) is 17.6 Å². The van der Waals surface area contributed by atoms with Crippen molar-refractivity contribution >= 4 is 17.5 Å². The SMILES string of the molecule is CC(C)(CNC1CC(NC(=O)c2cc(F)cc(Cl)c2)C1)C(F)(F)F. The van der Waals surface area contributed by atoms with E-state index in [1.54, 1.807) is 0 Å². The highest BCUT2D eigenvalue weighted by Crippen LogP contribution is 2.37. The van der Waals surface area contributed by atoms with E-state index >= 15 is 0 Å². The first kappa shape index (κ1) is 19.0. The Balaban J connectivity index is 1.78. The standard InChI is InChI=1S/C16H19ClF4N2O/c1-15(2,16(19,20)21)8-22-12-6-13(7-12)23-14(24)9-3-10(17)5-11(18)4-9/h3-5,12-13,22H,6-8H2,1-2H3,(H,23,24). The Morgan fingerprint density at radius 2 is 1.83 bits per heavy atom. The van der Waals surface area contributed by atoms with E-state index in [2.05, 4.69) is 10.6 Å². The summed E-state index contributed by atoms with van der Waals surface area (Å²) in [6.07, 6.45) is -3.21. The Morgan fingerprint density at radius 1 is 1.21 bits per heavy atom. The van der Waals surface area contributed by atoms with Gasteiger partial charge in [0.1, 0.15) is 5.82 Å². The lowest BCUT2D eigenvalue weighted by Crippen LogP contribution is -2.55. The van der Waals surface area contributed by atoms with Crippen molar-refractivity contribution in [1.29, 1.82) is 0 Å². The van der Waals surface area contributed by atoms with Gasteiger partial charge in [-0.3, -0.25) is 4.79 Å². The lowest BCUT2D eigenvalue weighted by molar-refractivity contribution is -0.210. The molecule has 0 heterocycles. The largest absolute Gasteiger partial charge is 0.395 e. The maximum Gasteiger partial charge on any atom is 0.395 e. The van der Waals surface area contributed by atoms with Gasteiger partial charge in [0.15, 0.2) is 0 Å². The third-order valence-corrected chi connectivity index (χ3v) is 4.42. The number of rotatable bonds is 5. The summed E-state index contributed by atoms with van der Waals surface area (Å²) in [5, 5.41) is 5.72. The summed E-state index contributed by atoms with van der Waals surface area (Å²) < 4.78 is 51.5. The molecule has 0 spiro atoms. The van der Waals surface area contributed by atoms with Gasteiger partial charge in [-0.1, -0.05) is 11.6 Å². The number of nitrogens with one attached hydrogen (secondary N) is 2. The smallest absolute Gasteiger partial charge is 0.349 e. The van der Waals surface area contributed by atoms with Crippen LogP contribution in [0.25, 0.3) is 0 Å². The molecule has 1 aliphatic carbocycles. The second kappa shape index (κ2) is 6.88. The molecule has 1 aromatic carbocycles. The molecule has 24 heavy (non-hydrogen) atoms. The molecule has 2 N–H and O–H groups in total. The number of benzene rings is 1. The molecular weight excluding hydrogens is 348 g/mol. The molecule has 134 valence electrons. The minimum absolute atomic E-state index is 0.0759. The maximum atomic E-state index is 13.2. The van der Waals surface area contributed by atoms with Gasteiger partial charge in [-0.05, 0) is 44.9 Å². The van der Waals surface area contributed by atoms with Crippen LogP contribution in [0, 0.1) is 11.2 Å². The highest BCUT2D eigenvalue weighted by atomic mass is 35.5. The van der Waals surface area contributed by atoms with Crippen molar-refractivity contribution in [3.63, 3.8) is 0 Å². The predicted octanol–water partition coefficient (Wildman–Crippen LogP) is 3.92. The predicted molar refractivity (Wildman–Crippen MR) is 83.5 cm³/mol. The number of halogens is 5. The van der Waals surface area contributed by atoms with E-state index < -0.39 is 23.3 Å². The van der Waals surface area contributed by atoms with Gasteiger partial charge in [0, 0.05) is 29.2 Å². The summed E-state index contributed by atoms with van der Waals surface area (Å²) in [6, 6.07) is 3.32. The monoisotopic (exact) mass is 366 g/mol. The molecule has 0 unspecified atom stereocenters. The molecule has 0 atom stereocenters. The fourth-order valence-corrected chi connectivity index (χ4v) is 2.58. The zero-order chi connectivity index (χ0) is 18.1. The Morgan fingerprint density at radius 3 is 2.38 bits per heavy atom. The van der Waals surface area contributed by atoms with Gasteiger partial charge in [0.25, 0.3) is 5.91 Å². The van der Waals surface area contributed by atoms with Crippen LogP contribution in [0.3, 0.4) is 0 Å². The van der Waals surface area contributed by atoms with E-state index in [0.717, 1.165) is 26.0 Å². The average Bonchev–Trinajstić information content (AvgIpc) is 2.38. The Bertz CT molecular complexity index is 592. The first-order valence-electron chi connectivity index (χ1n) is 7.55. The van der Waals surface area contributed by atoms with E-state index in [1.807, 2.05) is 0 Å². The second-order valence-corrected chi connectivity index (χ2v) is 7.20. The third-order valence-electron chi connectivity index (χ3n) is 4.20. The number of alkyl halides is 3. The van der Waals surface area contributed by atoms with Crippen LogP contribution in [-0.2, 0) is 0 Å². The summed E-state index contributed by atoms with van der Waals surface area (Å²) in [7, 11) is 0. The molecule has 8 heteroatoms. The van der Waals surface area contributed by atoms with Crippen molar-refractivity contribution in [3.8, 4) is 0 Å². The molecule has 0 aromatic heterocycles. The number of hydrogen-bond acceptors (Lipinski definition) is 2. The number of carbonyl (C=O) groups excluding carboxylic acids is 1. The molecule has 3 nitrogen and oxygen atoms in total. The van der Waals surface area contributed by atoms with Crippen LogP contribution in [0.15, 0.2) is 18.2 Å². The minimum Gasteiger partial charge on any atom is -0.349 e. The van der Waals surface area contributed by atoms with E-state index in [1.165, 1.54) is 6.07 Å². The van der Waals surface area contributed by atoms with Gasteiger partial charge in [0.05, 0.1) is 5.41 Å². The third kappa shape index (κ3) is 4.60. The number of hydrogen-bond donors (Lipinski definition) is 2. The molecule has 2 rings (SSSR count). The molecule has 1 aromatic rings. The van der Waals surface area contributed by atoms with Gasteiger partial charge in [0.2, 0.25) is 0 Å². The Hall–Kier alpha value is -1.34. The topological polar surface area (TPSA) is 41.1 Å². The Kier molecular flexibility index (Phi) is 5.44. The second-order valence-electron chi connectivity index (χ2n) is 6.76. The Labute approximate surface area is 142 Å². The van der Waals surface area contributed by atoms with Crippen LogP contribution in [0.5, 0.6) is 0 Å². The van der Waals surface area contributed by atoms with Crippen molar-refractivity contribution < 1.29 is 22.4 Å². The van der Waals surface area contributed by atoms with Gasteiger partial charge < -0.3 is 10.6 Å². The van der Waals surface area contributed by atoms with E-state index in [-0.39, 0.29) is 29.2 Å². The summed E-state index contributed by atoms with van der Waals surface area (Å²) in [4.78, 5) is 12.0. The lowest BCUT2D eigenvalue weighted by Gasteiger charge is -2.39. The molecule has 0 saturated heterocycles. The summed E-state index contributed by atoms with van der Waals surface area (Å²) in [5.74, 6) is -1.05. The molecule has 0 aliphatic heterocycles. The zero-order valence-corrected chi connectivity index (χ0v) is 14.1. The van der Waals surface area contributed by atoms with Crippen molar-refractivity contribution in [2.45, 2.75) is 44.9 Å². The van der Waals surface area contributed by atoms with Crippen LogP contribution in [-0.4, -0.2) is 30.7 Å². The van der Waals surface area contributed by atoms with Crippen LogP contribution in [0.1, 0.15) is 37.0 Å². The maximum absolute atomic E-state index is 13.2. The zero-order valence-electron chi connectivity index (χ0n) is 13.3.